The normalized spacial score (nSPS) is 17.4. The zero-order chi connectivity index (χ0) is 16.0. The average molecular weight is 300 g/mol. The summed E-state index contributed by atoms with van der Waals surface area (Å²) in [7, 11) is 1.35. The number of carbonyl (C=O) groups excluding carboxylic acids is 2. The lowest BCUT2D eigenvalue weighted by Gasteiger charge is -2.31. The Morgan fingerprint density at radius 1 is 1.29 bits per heavy atom. The Kier molecular flexibility index (Phi) is 6.45. The van der Waals surface area contributed by atoms with Crippen LogP contribution < -0.4 is 5.32 Å². The number of aliphatic carboxylic acids is 1. The fraction of sp³-hybridized carbons (Fsp3) is 0.786. The van der Waals surface area contributed by atoms with E-state index in [1.807, 2.05) is 13.8 Å². The number of carbonyl (C=O) groups is 3. The lowest BCUT2D eigenvalue weighted by atomic mass is 9.97. The minimum atomic E-state index is -1.03. The third kappa shape index (κ3) is 5.24. The van der Waals surface area contributed by atoms with Crippen LogP contribution in [0.15, 0.2) is 0 Å². The highest BCUT2D eigenvalue weighted by atomic mass is 16.5. The van der Waals surface area contributed by atoms with Crippen molar-refractivity contribution in [1.82, 2.24) is 10.2 Å². The minimum absolute atomic E-state index is 0.176. The molecule has 7 heteroatoms. The number of nitrogens with one attached hydrogen (secondary N) is 1. The summed E-state index contributed by atoms with van der Waals surface area (Å²) in [4.78, 5) is 36.2. The molecular weight excluding hydrogens is 276 g/mol. The summed E-state index contributed by atoms with van der Waals surface area (Å²) < 4.78 is 4.69. The Morgan fingerprint density at radius 3 is 2.29 bits per heavy atom. The molecule has 1 rings (SSSR count). The molecule has 1 saturated heterocycles. The Bertz CT molecular complexity index is 389. The summed E-state index contributed by atoms with van der Waals surface area (Å²) in [6, 6.07) is -1.26. The van der Waals surface area contributed by atoms with E-state index in [1.54, 1.807) is 4.90 Å². The van der Waals surface area contributed by atoms with E-state index >= 15 is 0 Å². The van der Waals surface area contributed by atoms with E-state index < -0.39 is 12.0 Å². The van der Waals surface area contributed by atoms with Crippen LogP contribution in [0.25, 0.3) is 0 Å². The van der Waals surface area contributed by atoms with Crippen LogP contribution in [0.1, 0.15) is 33.1 Å². The highest BCUT2D eigenvalue weighted by molar-refractivity contribution is 5.82. The number of carboxylic acid groups (broad SMARTS) is 1. The van der Waals surface area contributed by atoms with Crippen LogP contribution >= 0.6 is 0 Å². The Hall–Kier alpha value is -1.79. The summed E-state index contributed by atoms with van der Waals surface area (Å²) >= 11 is 0. The number of urea groups is 1. The quantitative estimate of drug-likeness (QED) is 0.741. The molecule has 1 aliphatic heterocycles. The van der Waals surface area contributed by atoms with E-state index in [0.29, 0.717) is 32.4 Å². The highest BCUT2D eigenvalue weighted by Gasteiger charge is 2.30. The van der Waals surface area contributed by atoms with Gasteiger partial charge in [-0.25, -0.2) is 9.59 Å². The van der Waals surface area contributed by atoms with Crippen LogP contribution in [-0.2, 0) is 14.3 Å². The van der Waals surface area contributed by atoms with E-state index in [4.69, 9.17) is 5.11 Å². The molecule has 1 fully saturated rings. The van der Waals surface area contributed by atoms with Gasteiger partial charge in [0.1, 0.15) is 6.04 Å². The lowest BCUT2D eigenvalue weighted by Crippen LogP contribution is -2.51. The van der Waals surface area contributed by atoms with Gasteiger partial charge in [0, 0.05) is 13.1 Å². The first-order chi connectivity index (χ1) is 9.85. The van der Waals surface area contributed by atoms with E-state index in [1.165, 1.54) is 7.11 Å². The molecule has 2 amide bonds. The van der Waals surface area contributed by atoms with Crippen molar-refractivity contribution in [3.63, 3.8) is 0 Å². The maximum absolute atomic E-state index is 12.1. The van der Waals surface area contributed by atoms with Crippen LogP contribution in [-0.4, -0.2) is 54.2 Å². The number of amides is 2. The van der Waals surface area contributed by atoms with Crippen LogP contribution in [0.4, 0.5) is 4.79 Å². The number of likely N-dealkylation sites (tertiary alicyclic amines) is 1. The second kappa shape index (κ2) is 7.85. The molecule has 0 saturated carbocycles. The number of hydrogen-bond donors (Lipinski definition) is 2. The van der Waals surface area contributed by atoms with E-state index in [-0.39, 0.29) is 23.8 Å². The molecule has 0 radical (unpaired) electrons. The molecule has 2 N–H and O–H groups in total. The predicted molar refractivity (Wildman–Crippen MR) is 75.7 cm³/mol. The fourth-order valence-corrected chi connectivity index (χ4v) is 2.42. The van der Waals surface area contributed by atoms with Gasteiger partial charge in [0.2, 0.25) is 0 Å². The molecule has 0 unspecified atom stereocenters. The molecule has 0 aliphatic carbocycles. The summed E-state index contributed by atoms with van der Waals surface area (Å²) in [5.41, 5.74) is 0. The number of hydrogen-bond acceptors (Lipinski definition) is 4. The summed E-state index contributed by atoms with van der Waals surface area (Å²) in [6.45, 7) is 4.67. The SMILES string of the molecule is COC(=O)C1CCN(C(=O)N[C@@H](CC(C)C)C(=O)O)CC1. The Balaban J connectivity index is 2.49. The van der Waals surface area contributed by atoms with Gasteiger partial charge in [-0.15, -0.1) is 0 Å². The maximum atomic E-state index is 12.1. The van der Waals surface area contributed by atoms with Gasteiger partial charge in [0.05, 0.1) is 13.0 Å². The van der Waals surface area contributed by atoms with Gasteiger partial charge in [-0.1, -0.05) is 13.8 Å². The average Bonchev–Trinajstić information content (AvgIpc) is 2.45. The molecule has 0 aromatic rings. The van der Waals surface area contributed by atoms with Gasteiger partial charge < -0.3 is 20.1 Å². The number of carboxylic acids is 1. The number of piperidine rings is 1. The molecule has 0 spiro atoms. The van der Waals surface area contributed by atoms with Gasteiger partial charge in [0.25, 0.3) is 0 Å². The fourth-order valence-electron chi connectivity index (χ4n) is 2.42. The van der Waals surface area contributed by atoms with Gasteiger partial charge >= 0.3 is 18.0 Å². The third-order valence-electron chi connectivity index (χ3n) is 3.62. The molecule has 21 heavy (non-hydrogen) atoms. The van der Waals surface area contributed by atoms with E-state index in [9.17, 15) is 14.4 Å². The largest absolute Gasteiger partial charge is 0.480 e. The zero-order valence-corrected chi connectivity index (χ0v) is 12.8. The lowest BCUT2D eigenvalue weighted by molar-refractivity contribution is -0.146. The van der Waals surface area contributed by atoms with Crippen molar-refractivity contribution in [2.24, 2.45) is 11.8 Å². The Labute approximate surface area is 124 Å². The topological polar surface area (TPSA) is 95.9 Å². The highest BCUT2D eigenvalue weighted by Crippen LogP contribution is 2.18. The molecule has 7 nitrogen and oxygen atoms in total. The first-order valence-corrected chi connectivity index (χ1v) is 7.21. The van der Waals surface area contributed by atoms with Gasteiger partial charge in [-0.05, 0) is 25.2 Å². The molecule has 0 bridgehead atoms. The Morgan fingerprint density at radius 2 is 1.86 bits per heavy atom. The van der Waals surface area contributed by atoms with Gasteiger partial charge in [-0.3, -0.25) is 4.79 Å². The minimum Gasteiger partial charge on any atom is -0.480 e. The van der Waals surface area contributed by atoms with Crippen molar-refractivity contribution in [3.8, 4) is 0 Å². The van der Waals surface area contributed by atoms with Crippen molar-refractivity contribution < 1.29 is 24.2 Å². The van der Waals surface area contributed by atoms with Crippen molar-refractivity contribution in [3.05, 3.63) is 0 Å². The van der Waals surface area contributed by atoms with Gasteiger partial charge in [-0.2, -0.15) is 0 Å². The second-order valence-electron chi connectivity index (χ2n) is 5.75. The van der Waals surface area contributed by atoms with Crippen molar-refractivity contribution >= 4 is 18.0 Å². The molecule has 0 aromatic heterocycles. The number of esters is 1. The molecule has 0 aromatic carbocycles. The zero-order valence-electron chi connectivity index (χ0n) is 12.8. The van der Waals surface area contributed by atoms with Crippen LogP contribution in [0.3, 0.4) is 0 Å². The maximum Gasteiger partial charge on any atom is 0.326 e. The summed E-state index contributed by atoms with van der Waals surface area (Å²) in [5.74, 6) is -1.28. The van der Waals surface area contributed by atoms with Crippen LogP contribution in [0.5, 0.6) is 0 Å². The molecule has 1 atom stereocenters. The number of ether oxygens (including phenoxy) is 1. The smallest absolute Gasteiger partial charge is 0.326 e. The van der Waals surface area contributed by atoms with Crippen LogP contribution in [0, 0.1) is 11.8 Å². The standard InChI is InChI=1S/C14H24N2O5/c1-9(2)8-11(12(17)18)15-14(20)16-6-4-10(5-7-16)13(19)21-3/h9-11H,4-8H2,1-3H3,(H,15,20)(H,17,18)/t11-/m0/s1. The summed E-state index contributed by atoms with van der Waals surface area (Å²) in [6.07, 6.45) is 1.48. The van der Waals surface area contributed by atoms with Crippen molar-refractivity contribution in [2.45, 2.75) is 39.2 Å². The second-order valence-corrected chi connectivity index (χ2v) is 5.75. The molecular formula is C14H24N2O5. The monoisotopic (exact) mass is 300 g/mol. The van der Waals surface area contributed by atoms with E-state index in [2.05, 4.69) is 10.1 Å². The molecule has 120 valence electrons. The first kappa shape index (κ1) is 17.3. The number of methoxy groups -OCH3 is 1. The number of rotatable bonds is 5. The first-order valence-electron chi connectivity index (χ1n) is 7.21. The molecule has 1 heterocycles. The van der Waals surface area contributed by atoms with E-state index in [0.717, 1.165) is 0 Å². The summed E-state index contributed by atoms with van der Waals surface area (Å²) in [5, 5.41) is 11.7. The predicted octanol–water partition coefficient (Wildman–Crippen LogP) is 1.08. The van der Waals surface area contributed by atoms with Gasteiger partial charge in [0.15, 0.2) is 0 Å². The third-order valence-corrected chi connectivity index (χ3v) is 3.62. The molecule has 1 aliphatic rings. The van der Waals surface area contributed by atoms with Crippen LogP contribution in [0.2, 0.25) is 0 Å². The number of nitrogens with zero attached hydrogens (tertiary/aromatic N) is 1. The van der Waals surface area contributed by atoms with Crippen molar-refractivity contribution in [2.75, 3.05) is 20.2 Å². The van der Waals surface area contributed by atoms with Crippen molar-refractivity contribution in [1.29, 1.82) is 0 Å².